The van der Waals surface area contributed by atoms with Gasteiger partial charge >= 0.3 is 0 Å². The van der Waals surface area contributed by atoms with E-state index in [1.54, 1.807) is 0 Å². The van der Waals surface area contributed by atoms with E-state index in [9.17, 15) is 5.11 Å². The monoisotopic (exact) mass is 465 g/mol. The highest BCUT2D eigenvalue weighted by Gasteiger charge is 2.36. The molecule has 2 aromatic carbocycles. The van der Waals surface area contributed by atoms with Gasteiger partial charge in [0, 0.05) is 37.7 Å². The van der Waals surface area contributed by atoms with Crippen LogP contribution in [0.2, 0.25) is 0 Å². The Kier molecular flexibility index (Phi) is 7.94. The van der Waals surface area contributed by atoms with Gasteiger partial charge in [0.1, 0.15) is 0 Å². The Hall–Kier alpha value is -1.80. The Morgan fingerprint density at radius 3 is 2.24 bits per heavy atom. The van der Waals surface area contributed by atoms with E-state index in [1.807, 2.05) is 12.1 Å². The van der Waals surface area contributed by atoms with Gasteiger partial charge in [-0.15, -0.1) is 0 Å². The van der Waals surface area contributed by atoms with Crippen LogP contribution in [0.3, 0.4) is 0 Å². The van der Waals surface area contributed by atoms with Crippen LogP contribution in [0.4, 0.5) is 0 Å². The molecule has 0 aliphatic carbocycles. The van der Waals surface area contributed by atoms with Crippen molar-refractivity contribution in [1.29, 1.82) is 0 Å². The van der Waals surface area contributed by atoms with Crippen molar-refractivity contribution in [3.8, 4) is 0 Å². The van der Waals surface area contributed by atoms with Gasteiger partial charge in [0.25, 0.3) is 0 Å². The smallest absolute Gasteiger partial charge is 0.184 e. The lowest BCUT2D eigenvalue weighted by molar-refractivity contribution is -0.253. The third-order valence-electron chi connectivity index (χ3n) is 7.71. The first kappa shape index (κ1) is 23.9. The first-order valence-corrected chi connectivity index (χ1v) is 13.0. The van der Waals surface area contributed by atoms with E-state index in [1.165, 1.54) is 45.3 Å². The predicted molar refractivity (Wildman–Crippen MR) is 133 cm³/mol. The Morgan fingerprint density at radius 2 is 1.53 bits per heavy atom. The third kappa shape index (κ3) is 5.70. The zero-order valence-corrected chi connectivity index (χ0v) is 20.1. The predicted octanol–water partition coefficient (Wildman–Crippen LogP) is 3.74. The van der Waals surface area contributed by atoms with Gasteiger partial charge in [0.2, 0.25) is 0 Å². The summed E-state index contributed by atoms with van der Waals surface area (Å²) >= 11 is 0. The van der Waals surface area contributed by atoms with Gasteiger partial charge in [-0.25, -0.2) is 0 Å². The second-order valence-electron chi connectivity index (χ2n) is 10.1. The van der Waals surface area contributed by atoms with Crippen LogP contribution in [-0.2, 0) is 22.6 Å². The van der Waals surface area contributed by atoms with Gasteiger partial charge in [0.05, 0.1) is 18.8 Å². The number of nitrogens with zero attached hydrogens (tertiary/aromatic N) is 2. The number of hydrogen-bond acceptors (Lipinski definition) is 6. The summed E-state index contributed by atoms with van der Waals surface area (Å²) < 4.78 is 13.1. The van der Waals surface area contributed by atoms with E-state index >= 15 is 0 Å². The molecule has 3 heterocycles. The molecule has 0 bridgehead atoms. The maximum absolute atomic E-state index is 9.43. The summed E-state index contributed by atoms with van der Waals surface area (Å²) in [6, 6.07) is 17.0. The molecular formula is C28H39N3O3. The van der Waals surface area contributed by atoms with E-state index in [4.69, 9.17) is 15.2 Å². The number of benzene rings is 2. The highest BCUT2D eigenvalue weighted by molar-refractivity contribution is 5.26. The molecular weight excluding hydrogens is 426 g/mol. The van der Waals surface area contributed by atoms with Crippen molar-refractivity contribution in [3.63, 3.8) is 0 Å². The van der Waals surface area contributed by atoms with Gasteiger partial charge in [0.15, 0.2) is 6.29 Å². The normalized spacial score (nSPS) is 28.5. The number of nitrogens with two attached hydrogens (primary N) is 1. The maximum atomic E-state index is 9.43. The summed E-state index contributed by atoms with van der Waals surface area (Å²) in [5, 5.41) is 9.43. The van der Waals surface area contributed by atoms with Crippen LogP contribution in [0.15, 0.2) is 48.5 Å². The Morgan fingerprint density at radius 1 is 0.824 bits per heavy atom. The molecule has 0 spiro atoms. The van der Waals surface area contributed by atoms with Gasteiger partial charge in [-0.3, -0.25) is 4.90 Å². The molecule has 4 atom stereocenters. The molecule has 3 N–H and O–H groups in total. The minimum absolute atomic E-state index is 0.0367. The minimum atomic E-state index is -0.396. The summed E-state index contributed by atoms with van der Waals surface area (Å²) in [5.41, 5.74) is 10.00. The van der Waals surface area contributed by atoms with Crippen molar-refractivity contribution in [2.75, 3.05) is 32.7 Å². The lowest BCUT2D eigenvalue weighted by Gasteiger charge is -2.39. The molecule has 6 nitrogen and oxygen atoms in total. The lowest BCUT2D eigenvalue weighted by Crippen LogP contribution is -2.45. The first-order valence-electron chi connectivity index (χ1n) is 13.0. The van der Waals surface area contributed by atoms with Gasteiger partial charge in [-0.05, 0) is 62.0 Å². The molecule has 0 amide bonds. The van der Waals surface area contributed by atoms with Crippen LogP contribution in [0.1, 0.15) is 66.8 Å². The molecule has 34 heavy (non-hydrogen) atoms. The number of aliphatic hydroxyl groups excluding tert-OH is 1. The number of ether oxygens (including phenoxy) is 2. The third-order valence-corrected chi connectivity index (χ3v) is 7.71. The second kappa shape index (κ2) is 11.3. The minimum Gasteiger partial charge on any atom is -0.392 e. The number of hydrogen-bond donors (Lipinski definition) is 2. The topological polar surface area (TPSA) is 71.2 Å². The van der Waals surface area contributed by atoms with Gasteiger partial charge in [-0.1, -0.05) is 48.5 Å². The molecule has 184 valence electrons. The average Bonchev–Trinajstić information content (AvgIpc) is 3.56. The zero-order valence-electron chi connectivity index (χ0n) is 20.1. The van der Waals surface area contributed by atoms with Crippen molar-refractivity contribution < 1.29 is 14.6 Å². The number of aliphatic hydroxyl groups is 1. The van der Waals surface area contributed by atoms with Crippen LogP contribution >= 0.6 is 0 Å². The summed E-state index contributed by atoms with van der Waals surface area (Å²) in [4.78, 5) is 5.30. The second-order valence-corrected chi connectivity index (χ2v) is 10.1. The van der Waals surface area contributed by atoms with E-state index in [-0.39, 0.29) is 18.8 Å². The Balaban J connectivity index is 1.31. The largest absolute Gasteiger partial charge is 0.392 e. The quantitative estimate of drug-likeness (QED) is 0.619. The van der Waals surface area contributed by atoms with Crippen molar-refractivity contribution in [3.05, 3.63) is 70.8 Å². The van der Waals surface area contributed by atoms with E-state index in [0.717, 1.165) is 41.8 Å². The maximum Gasteiger partial charge on any atom is 0.184 e. The van der Waals surface area contributed by atoms with Crippen molar-refractivity contribution in [2.24, 2.45) is 5.73 Å². The number of rotatable bonds is 8. The molecule has 0 saturated carbocycles. The summed E-state index contributed by atoms with van der Waals surface area (Å²) in [7, 11) is 0. The molecule has 0 aromatic heterocycles. The zero-order chi connectivity index (χ0) is 23.3. The van der Waals surface area contributed by atoms with E-state index in [2.05, 4.69) is 46.2 Å². The fourth-order valence-corrected chi connectivity index (χ4v) is 5.71. The van der Waals surface area contributed by atoms with Crippen molar-refractivity contribution in [1.82, 2.24) is 9.80 Å². The lowest BCUT2D eigenvalue weighted by atomic mass is 9.99. The summed E-state index contributed by atoms with van der Waals surface area (Å²) in [6.45, 7) is 6.40. The average molecular weight is 466 g/mol. The van der Waals surface area contributed by atoms with E-state index < -0.39 is 6.29 Å². The molecule has 2 aromatic rings. The van der Waals surface area contributed by atoms with Crippen LogP contribution in [0, 0.1) is 0 Å². The van der Waals surface area contributed by atoms with Crippen LogP contribution in [0.25, 0.3) is 0 Å². The molecule has 3 aliphatic heterocycles. The molecule has 3 aliphatic rings. The molecule has 3 saturated heterocycles. The first-order chi connectivity index (χ1) is 16.7. The van der Waals surface area contributed by atoms with Crippen LogP contribution in [0.5, 0.6) is 0 Å². The van der Waals surface area contributed by atoms with Crippen LogP contribution in [-0.4, -0.2) is 59.8 Å². The Bertz CT molecular complexity index is 843. The molecule has 0 unspecified atom stereocenters. The van der Waals surface area contributed by atoms with Crippen LogP contribution < -0.4 is 5.73 Å². The SMILES string of the molecule is NCc1ccc([C@@H]2O[C@H](CN3CCC[C@H]3CN3CCCC3)C[C@H](c3ccc(CO)cc3)O2)cc1. The summed E-state index contributed by atoms with van der Waals surface area (Å²) in [6.07, 6.45) is 5.76. The fraction of sp³-hybridized carbons (Fsp3) is 0.571. The molecule has 3 fully saturated rings. The highest BCUT2D eigenvalue weighted by Crippen LogP contribution is 2.38. The van der Waals surface area contributed by atoms with Gasteiger partial charge < -0.3 is 25.2 Å². The molecule has 5 rings (SSSR count). The van der Waals surface area contributed by atoms with Gasteiger partial charge in [-0.2, -0.15) is 0 Å². The standard InChI is InChI=1S/C28H39N3O3/c29-17-21-5-11-24(12-6-21)28-33-26(16-27(34-28)23-9-7-22(20-32)8-10-23)19-31-15-3-4-25(31)18-30-13-1-2-14-30/h5-12,25-28,32H,1-4,13-20,29H2/t25-,26-,27+,28+/m0/s1. The van der Waals surface area contributed by atoms with Crippen molar-refractivity contribution in [2.45, 2.75) is 69.8 Å². The Labute approximate surface area is 203 Å². The molecule has 6 heteroatoms. The fourth-order valence-electron chi connectivity index (χ4n) is 5.71. The summed E-state index contributed by atoms with van der Waals surface area (Å²) in [5.74, 6) is 0. The van der Waals surface area contributed by atoms with E-state index in [0.29, 0.717) is 12.6 Å². The molecule has 0 radical (unpaired) electrons. The number of likely N-dealkylation sites (tertiary alicyclic amines) is 2. The highest BCUT2D eigenvalue weighted by atomic mass is 16.7. The van der Waals surface area contributed by atoms with Crippen molar-refractivity contribution >= 4 is 0 Å².